The van der Waals surface area contributed by atoms with Crippen LogP contribution in [-0.4, -0.2) is 21.3 Å². The summed E-state index contributed by atoms with van der Waals surface area (Å²) in [6.45, 7) is 1.68. The fourth-order valence-electron chi connectivity index (χ4n) is 3.12. The summed E-state index contributed by atoms with van der Waals surface area (Å²) < 4.78 is 1.07. The molecule has 0 atom stereocenters. The number of fused-ring (bicyclic) bond motifs is 1. The van der Waals surface area contributed by atoms with Gasteiger partial charge in [-0.05, 0) is 36.8 Å². The van der Waals surface area contributed by atoms with Crippen LogP contribution in [0.15, 0.2) is 88.8 Å². The maximum Gasteiger partial charge on any atom is 0.280 e. The summed E-state index contributed by atoms with van der Waals surface area (Å²) in [7, 11) is 0. The number of para-hydroxylation sites is 1. The Morgan fingerprint density at radius 2 is 1.72 bits per heavy atom. The van der Waals surface area contributed by atoms with Crippen LogP contribution in [0.1, 0.15) is 28.7 Å². The molecule has 0 spiro atoms. The van der Waals surface area contributed by atoms with Gasteiger partial charge >= 0.3 is 0 Å². The lowest BCUT2D eigenvalue weighted by atomic mass is 10.1. The van der Waals surface area contributed by atoms with E-state index in [1.54, 1.807) is 48.5 Å². The van der Waals surface area contributed by atoms with Gasteiger partial charge < -0.3 is 4.84 Å². The van der Waals surface area contributed by atoms with Gasteiger partial charge in [0.2, 0.25) is 0 Å². The van der Waals surface area contributed by atoms with E-state index < -0.39 is 11.5 Å². The van der Waals surface area contributed by atoms with E-state index >= 15 is 0 Å². The molecule has 8 heteroatoms. The van der Waals surface area contributed by atoms with E-state index in [9.17, 15) is 9.59 Å². The average Bonchev–Trinajstić information content (AvgIpc) is 2.82. The van der Waals surface area contributed by atoms with E-state index in [4.69, 9.17) is 16.4 Å². The summed E-state index contributed by atoms with van der Waals surface area (Å²) >= 11 is 6.13. The molecule has 0 radical (unpaired) electrons. The molecule has 0 unspecified atom stereocenters. The van der Waals surface area contributed by atoms with Crippen LogP contribution in [0, 0.1) is 0 Å². The van der Waals surface area contributed by atoms with Gasteiger partial charge in [0.15, 0.2) is 12.4 Å². The van der Waals surface area contributed by atoms with Crippen molar-refractivity contribution < 1.29 is 9.63 Å². The third-order valence-corrected chi connectivity index (χ3v) is 5.09. The fraction of sp³-hybridized carbons (Fsp3) is 0.0833. The number of rotatable bonds is 6. The quantitative estimate of drug-likeness (QED) is 0.352. The highest BCUT2D eigenvalue weighted by Gasteiger charge is 2.16. The minimum atomic E-state index is -0.542. The molecule has 4 aromatic rings. The second-order valence-electron chi connectivity index (χ2n) is 6.92. The SMILES string of the molecule is C/C(=N\OCc1nc2ccccc2c(=O)n1NC(=O)c1ccccc1Cl)c1ccccc1. The third-order valence-electron chi connectivity index (χ3n) is 4.76. The van der Waals surface area contributed by atoms with Crippen LogP contribution in [0.3, 0.4) is 0 Å². The molecule has 1 N–H and O–H groups in total. The summed E-state index contributed by atoms with van der Waals surface area (Å²) in [5.41, 5.74) is 4.45. The van der Waals surface area contributed by atoms with Gasteiger partial charge in [-0.3, -0.25) is 15.0 Å². The molecular weight excluding hydrogens is 428 g/mol. The van der Waals surface area contributed by atoms with Crippen molar-refractivity contribution >= 4 is 34.1 Å². The zero-order valence-corrected chi connectivity index (χ0v) is 17.9. The highest BCUT2D eigenvalue weighted by Crippen LogP contribution is 2.15. The van der Waals surface area contributed by atoms with E-state index in [1.165, 1.54) is 0 Å². The van der Waals surface area contributed by atoms with Crippen LogP contribution in [-0.2, 0) is 11.4 Å². The van der Waals surface area contributed by atoms with Gasteiger partial charge in [0.1, 0.15) is 0 Å². The van der Waals surface area contributed by atoms with Crippen LogP contribution in [0.4, 0.5) is 0 Å². The number of nitrogens with one attached hydrogen (secondary N) is 1. The first-order valence-corrected chi connectivity index (χ1v) is 10.2. The minimum absolute atomic E-state index is 0.132. The van der Waals surface area contributed by atoms with Crippen molar-refractivity contribution in [3.05, 3.63) is 111 Å². The Morgan fingerprint density at radius 3 is 2.50 bits per heavy atom. The van der Waals surface area contributed by atoms with E-state index in [1.807, 2.05) is 37.3 Å². The van der Waals surface area contributed by atoms with Gasteiger partial charge in [-0.25, -0.2) is 4.98 Å². The van der Waals surface area contributed by atoms with Crippen molar-refractivity contribution in [2.24, 2.45) is 5.16 Å². The molecule has 1 amide bonds. The summed E-state index contributed by atoms with van der Waals surface area (Å²) in [6, 6.07) is 23.0. The number of oxime groups is 1. The predicted molar refractivity (Wildman–Crippen MR) is 125 cm³/mol. The second kappa shape index (κ2) is 9.45. The number of amides is 1. The van der Waals surface area contributed by atoms with Crippen LogP contribution in [0.25, 0.3) is 10.9 Å². The topological polar surface area (TPSA) is 85.6 Å². The average molecular weight is 447 g/mol. The molecule has 0 bridgehead atoms. The zero-order valence-electron chi connectivity index (χ0n) is 17.2. The van der Waals surface area contributed by atoms with Gasteiger partial charge in [-0.1, -0.05) is 71.4 Å². The molecule has 0 saturated carbocycles. The zero-order chi connectivity index (χ0) is 22.5. The first-order valence-electron chi connectivity index (χ1n) is 9.83. The highest BCUT2D eigenvalue weighted by molar-refractivity contribution is 6.34. The van der Waals surface area contributed by atoms with E-state index in [0.717, 1.165) is 10.2 Å². The molecule has 0 saturated heterocycles. The number of nitrogens with zero attached hydrogens (tertiary/aromatic N) is 3. The van der Waals surface area contributed by atoms with E-state index in [0.29, 0.717) is 16.6 Å². The maximum absolute atomic E-state index is 13.1. The smallest absolute Gasteiger partial charge is 0.280 e. The molecule has 7 nitrogen and oxygen atoms in total. The monoisotopic (exact) mass is 446 g/mol. The van der Waals surface area contributed by atoms with Crippen LogP contribution in [0.2, 0.25) is 5.02 Å². The first-order chi connectivity index (χ1) is 15.5. The molecule has 160 valence electrons. The van der Waals surface area contributed by atoms with Crippen molar-refractivity contribution in [3.8, 4) is 0 Å². The van der Waals surface area contributed by atoms with E-state index in [-0.39, 0.29) is 23.0 Å². The van der Waals surface area contributed by atoms with Crippen molar-refractivity contribution in [2.75, 3.05) is 5.43 Å². The molecule has 32 heavy (non-hydrogen) atoms. The van der Waals surface area contributed by atoms with Crippen molar-refractivity contribution in [2.45, 2.75) is 13.5 Å². The standard InChI is InChI=1S/C24H19ClN4O3/c1-16(17-9-3-2-4-10-17)28-32-15-22-26-21-14-8-6-12-19(21)24(31)29(22)27-23(30)18-11-5-7-13-20(18)25/h2-14H,15H2,1H3,(H,27,30)/b28-16+. The highest BCUT2D eigenvalue weighted by atomic mass is 35.5. The second-order valence-corrected chi connectivity index (χ2v) is 7.33. The Hall–Kier alpha value is -3.97. The number of halogens is 1. The minimum Gasteiger partial charge on any atom is -0.387 e. The Kier molecular flexibility index (Phi) is 6.28. The molecular formula is C24H19ClN4O3. The molecule has 0 aliphatic carbocycles. The molecule has 0 aliphatic heterocycles. The first kappa shape index (κ1) is 21.3. The number of hydrogen-bond donors (Lipinski definition) is 1. The van der Waals surface area contributed by atoms with Crippen molar-refractivity contribution in [3.63, 3.8) is 0 Å². The Bertz CT molecular complexity index is 1370. The predicted octanol–water partition coefficient (Wildman–Crippen LogP) is 4.37. The van der Waals surface area contributed by atoms with Crippen LogP contribution >= 0.6 is 11.6 Å². The molecule has 3 aromatic carbocycles. The molecule has 1 heterocycles. The van der Waals surface area contributed by atoms with Crippen molar-refractivity contribution in [1.29, 1.82) is 0 Å². The molecule has 1 aromatic heterocycles. The Balaban J connectivity index is 1.67. The fourth-order valence-corrected chi connectivity index (χ4v) is 3.34. The van der Waals surface area contributed by atoms with Crippen LogP contribution < -0.4 is 11.0 Å². The third kappa shape index (κ3) is 4.53. The summed E-state index contributed by atoms with van der Waals surface area (Å²) in [5, 5.41) is 4.75. The number of carbonyl (C=O) groups excluding carboxylic acids is 1. The summed E-state index contributed by atoms with van der Waals surface area (Å²) in [5.74, 6) is -0.348. The Morgan fingerprint density at radius 1 is 1.03 bits per heavy atom. The van der Waals surface area contributed by atoms with Gasteiger partial charge in [-0.2, -0.15) is 4.68 Å². The lowest BCUT2D eigenvalue weighted by Gasteiger charge is -2.14. The summed E-state index contributed by atoms with van der Waals surface area (Å²) in [4.78, 5) is 35.9. The van der Waals surface area contributed by atoms with Gasteiger partial charge in [-0.15, -0.1) is 0 Å². The molecule has 0 fully saturated rings. The number of benzene rings is 3. The number of hydrogen-bond acceptors (Lipinski definition) is 5. The lowest BCUT2D eigenvalue weighted by Crippen LogP contribution is -2.36. The molecule has 0 aliphatic rings. The molecule has 4 rings (SSSR count). The number of aromatic nitrogens is 2. The van der Waals surface area contributed by atoms with Crippen LogP contribution in [0.5, 0.6) is 0 Å². The van der Waals surface area contributed by atoms with Crippen molar-refractivity contribution in [1.82, 2.24) is 9.66 Å². The number of carbonyl (C=O) groups is 1. The Labute approximate surface area is 188 Å². The van der Waals surface area contributed by atoms with E-state index in [2.05, 4.69) is 15.6 Å². The van der Waals surface area contributed by atoms with Gasteiger partial charge in [0, 0.05) is 0 Å². The summed E-state index contributed by atoms with van der Waals surface area (Å²) in [6.07, 6.45) is 0. The lowest BCUT2D eigenvalue weighted by molar-refractivity contribution is 0.0996. The largest absolute Gasteiger partial charge is 0.387 e. The van der Waals surface area contributed by atoms with Gasteiger partial charge in [0.05, 0.1) is 27.2 Å². The van der Waals surface area contributed by atoms with Gasteiger partial charge in [0.25, 0.3) is 11.5 Å². The maximum atomic E-state index is 13.1. The normalized spacial score (nSPS) is 11.4.